The van der Waals surface area contributed by atoms with Crippen LogP contribution in [0.5, 0.6) is 0 Å². The van der Waals surface area contributed by atoms with Crippen LogP contribution in [0.4, 0.5) is 0 Å². The summed E-state index contributed by atoms with van der Waals surface area (Å²) >= 11 is 0. The number of rotatable bonds is 44. The predicted octanol–water partition coefficient (Wildman–Crippen LogP) is 5.38. The molecule has 0 aliphatic heterocycles. The SMILES string of the molecule is CC(=O)N(O)CCCCCNC(=O)CCC(=O)N(O)CCCCCNC(=O)CCC(=O)N(O)CCCCCN(CCCCCC[P+](c1ccccc1)(c1ccccc1)c1ccccc1)CCCCCC[P+](c1ccccc1)(c1ccccc1)c1ccccc1.[Cl-].[Cl-]. The first-order valence-electron chi connectivity index (χ1n) is 32.7. The first kappa shape index (κ1) is 77.4. The number of hydrogen-bond donors (Lipinski definition) is 5. The van der Waals surface area contributed by atoms with Gasteiger partial charge in [-0.25, -0.2) is 15.2 Å². The third kappa shape index (κ3) is 26.5. The summed E-state index contributed by atoms with van der Waals surface area (Å²) in [6.07, 6.45) is 17.4. The van der Waals surface area contributed by atoms with Crippen LogP contribution in [0.1, 0.15) is 142 Å². The topological polar surface area (TPSA) is 183 Å². The minimum Gasteiger partial charge on any atom is -1.00 e. The van der Waals surface area contributed by atoms with Crippen LogP contribution < -0.4 is 67.3 Å². The first-order chi connectivity index (χ1) is 43.4. The van der Waals surface area contributed by atoms with Gasteiger partial charge in [0.15, 0.2) is 0 Å². The molecular formula is C73H100Cl2N6O8P2. The van der Waals surface area contributed by atoms with Crippen LogP contribution in [0.3, 0.4) is 0 Å². The number of carbonyl (C=O) groups is 5. The lowest BCUT2D eigenvalue weighted by Gasteiger charge is -2.28. The van der Waals surface area contributed by atoms with Crippen molar-refractivity contribution in [1.82, 2.24) is 30.7 Å². The Bertz CT molecular complexity index is 2620. The summed E-state index contributed by atoms with van der Waals surface area (Å²) in [7, 11) is -3.74. The van der Waals surface area contributed by atoms with E-state index in [0.29, 0.717) is 68.2 Å². The number of hydroxylamine groups is 6. The zero-order valence-electron chi connectivity index (χ0n) is 53.6. The molecule has 494 valence electrons. The number of halogens is 2. The molecule has 14 nitrogen and oxygen atoms in total. The van der Waals surface area contributed by atoms with Crippen LogP contribution in [0.25, 0.3) is 0 Å². The number of amides is 5. The Morgan fingerprint density at radius 2 is 0.560 bits per heavy atom. The van der Waals surface area contributed by atoms with E-state index < -0.39 is 32.2 Å². The van der Waals surface area contributed by atoms with E-state index in [1.807, 2.05) is 0 Å². The lowest BCUT2D eigenvalue weighted by Crippen LogP contribution is -3.00. The van der Waals surface area contributed by atoms with Crippen molar-refractivity contribution in [2.45, 2.75) is 142 Å². The van der Waals surface area contributed by atoms with Gasteiger partial charge in [0.2, 0.25) is 29.5 Å². The average Bonchev–Trinajstić information content (AvgIpc) is 0.844. The Morgan fingerprint density at radius 1 is 0.319 bits per heavy atom. The average molecular weight is 1320 g/mol. The van der Waals surface area contributed by atoms with E-state index in [-0.39, 0.29) is 81.9 Å². The molecule has 0 spiro atoms. The molecule has 0 atom stereocenters. The first-order valence-corrected chi connectivity index (χ1v) is 36.7. The number of nitrogens with zero attached hydrogens (tertiary/aromatic N) is 4. The number of carbonyl (C=O) groups excluding carboxylic acids is 5. The normalized spacial score (nSPS) is 11.3. The van der Waals surface area contributed by atoms with Gasteiger partial charge in [-0.2, -0.15) is 0 Å². The molecule has 0 aliphatic rings. The zero-order valence-corrected chi connectivity index (χ0v) is 56.9. The van der Waals surface area contributed by atoms with Crippen LogP contribution >= 0.6 is 14.5 Å². The van der Waals surface area contributed by atoms with Gasteiger partial charge >= 0.3 is 0 Å². The van der Waals surface area contributed by atoms with Gasteiger partial charge in [0.1, 0.15) is 46.4 Å². The fourth-order valence-electron chi connectivity index (χ4n) is 11.8. The quantitative estimate of drug-likeness (QED) is 0.0145. The fourth-order valence-corrected chi connectivity index (χ4v) is 20.6. The third-order valence-electron chi connectivity index (χ3n) is 16.8. The Kier molecular flexibility index (Phi) is 37.8. The standard InChI is InChI=1S/C73H98N6O8P2.2ClH/c1-63(80)77(85)58-32-12-27-53-74-70(81)49-51-72(83)78(86)59-33-13-28-54-75-71(82)50-52-73(84)79(87)60-34-14-31-57-76(55-29-2-4-35-61-88(64-37-15-6-16-38-64,65-39-17-7-18-40-65)66-41-19-8-20-42-66)56-30-3-5-36-62-89(67-43-21-9-22-44-67,68-45-23-10-24-46-68)69-47-25-11-26-48-69;;/h6-11,15-26,37-48,85-87H,2-5,12-14,27-36,49-62H2,1H3;2*1H. The van der Waals surface area contributed by atoms with Crippen molar-refractivity contribution in [3.05, 3.63) is 182 Å². The van der Waals surface area contributed by atoms with Crippen molar-refractivity contribution < 1.29 is 64.4 Å². The summed E-state index contributed by atoms with van der Waals surface area (Å²) in [4.78, 5) is 63.6. The van der Waals surface area contributed by atoms with Gasteiger partial charge in [0.05, 0.1) is 12.3 Å². The van der Waals surface area contributed by atoms with E-state index in [9.17, 15) is 39.6 Å². The largest absolute Gasteiger partial charge is 1.00 e. The molecule has 0 aliphatic carbocycles. The summed E-state index contributed by atoms with van der Waals surface area (Å²) in [5, 5.41) is 46.4. The molecule has 6 aromatic rings. The molecule has 6 rings (SSSR count). The summed E-state index contributed by atoms with van der Waals surface area (Å²) in [5.41, 5.74) is 0. The molecule has 0 saturated carbocycles. The van der Waals surface area contributed by atoms with Crippen LogP contribution in [-0.4, -0.2) is 130 Å². The Hall–Kier alpha value is -6.05. The summed E-state index contributed by atoms with van der Waals surface area (Å²) in [6.45, 7) is 5.66. The van der Waals surface area contributed by atoms with Gasteiger partial charge in [0, 0.05) is 65.3 Å². The van der Waals surface area contributed by atoms with Crippen molar-refractivity contribution >= 4 is 75.9 Å². The highest BCUT2D eigenvalue weighted by atomic mass is 35.5. The molecule has 0 saturated heterocycles. The van der Waals surface area contributed by atoms with E-state index in [1.165, 1.54) is 64.4 Å². The van der Waals surface area contributed by atoms with E-state index in [4.69, 9.17) is 0 Å². The van der Waals surface area contributed by atoms with Gasteiger partial charge in [-0.1, -0.05) is 128 Å². The van der Waals surface area contributed by atoms with Gasteiger partial charge in [-0.3, -0.25) is 39.6 Å². The minimum absolute atomic E-state index is 0. The van der Waals surface area contributed by atoms with Gasteiger partial charge in [-0.05, 0) is 182 Å². The lowest BCUT2D eigenvalue weighted by molar-refractivity contribution is -0.166. The maximum atomic E-state index is 12.9. The molecule has 0 fully saturated rings. The van der Waals surface area contributed by atoms with Crippen molar-refractivity contribution in [3.8, 4) is 0 Å². The maximum Gasteiger partial charge on any atom is 0.246 e. The number of nitrogens with one attached hydrogen (secondary N) is 2. The molecule has 6 aromatic carbocycles. The zero-order chi connectivity index (χ0) is 63.2. The predicted molar refractivity (Wildman–Crippen MR) is 366 cm³/mol. The van der Waals surface area contributed by atoms with Gasteiger partial charge in [0.25, 0.3) is 0 Å². The fraction of sp³-hybridized carbons (Fsp3) is 0.438. The second kappa shape index (κ2) is 44.5. The molecule has 5 N–H and O–H groups in total. The third-order valence-corrected chi connectivity index (χ3v) is 25.8. The van der Waals surface area contributed by atoms with Crippen molar-refractivity contribution in [2.24, 2.45) is 0 Å². The van der Waals surface area contributed by atoms with Crippen molar-refractivity contribution in [3.63, 3.8) is 0 Å². The number of benzene rings is 6. The Labute approximate surface area is 556 Å². The van der Waals surface area contributed by atoms with Crippen LogP contribution in [0.2, 0.25) is 0 Å². The van der Waals surface area contributed by atoms with Crippen molar-refractivity contribution in [2.75, 3.05) is 64.7 Å². The van der Waals surface area contributed by atoms with E-state index in [0.717, 1.165) is 75.5 Å². The second-order valence-electron chi connectivity index (χ2n) is 23.3. The van der Waals surface area contributed by atoms with Gasteiger partial charge < -0.3 is 40.3 Å². The molecule has 18 heteroatoms. The van der Waals surface area contributed by atoms with Gasteiger partial charge in [-0.15, -0.1) is 0 Å². The highest BCUT2D eigenvalue weighted by Gasteiger charge is 2.45. The minimum atomic E-state index is -1.87. The van der Waals surface area contributed by atoms with E-state index >= 15 is 0 Å². The molecule has 0 radical (unpaired) electrons. The molecule has 5 amide bonds. The Balaban J connectivity index is 0.00000884. The highest BCUT2D eigenvalue weighted by molar-refractivity contribution is 7.96. The lowest BCUT2D eigenvalue weighted by atomic mass is 10.1. The maximum absolute atomic E-state index is 12.9. The van der Waals surface area contributed by atoms with Crippen molar-refractivity contribution in [1.29, 1.82) is 0 Å². The number of unbranched alkanes of at least 4 members (excludes halogenated alkanes) is 12. The molecule has 0 bridgehead atoms. The second-order valence-corrected chi connectivity index (χ2v) is 30.5. The number of hydrogen-bond acceptors (Lipinski definition) is 9. The monoisotopic (exact) mass is 1320 g/mol. The van der Waals surface area contributed by atoms with E-state index in [1.54, 1.807) is 0 Å². The Morgan fingerprint density at radius 3 is 0.846 bits per heavy atom. The smallest absolute Gasteiger partial charge is 0.246 e. The summed E-state index contributed by atoms with van der Waals surface area (Å²) in [5.74, 6) is -2.02. The van der Waals surface area contributed by atoms with Crippen LogP contribution in [0.15, 0.2) is 182 Å². The molecular weight excluding hydrogens is 1220 g/mol. The summed E-state index contributed by atoms with van der Waals surface area (Å²) in [6, 6.07) is 67.1. The van der Waals surface area contributed by atoms with Crippen LogP contribution in [-0.2, 0) is 24.0 Å². The molecule has 0 unspecified atom stereocenters. The van der Waals surface area contributed by atoms with E-state index in [2.05, 4.69) is 198 Å². The molecule has 0 heterocycles. The highest BCUT2D eigenvalue weighted by Crippen LogP contribution is 2.57. The summed E-state index contributed by atoms with van der Waals surface area (Å²) < 4.78 is 0. The molecule has 91 heavy (non-hydrogen) atoms. The molecule has 0 aromatic heterocycles. The van der Waals surface area contributed by atoms with Crippen LogP contribution in [0, 0.1) is 0 Å².